The van der Waals surface area contributed by atoms with Crippen LogP contribution in [0.15, 0.2) is 27.8 Å². The number of nitrogens with one attached hydrogen (secondary N) is 2. The van der Waals surface area contributed by atoms with Gasteiger partial charge in [0, 0.05) is 26.1 Å². The number of nitrogens with zero attached hydrogens (tertiary/aromatic N) is 2. The molecule has 0 atom stereocenters. The normalized spacial score (nSPS) is 15.6. The Balaban J connectivity index is 0.00000242. The van der Waals surface area contributed by atoms with Gasteiger partial charge >= 0.3 is 0 Å². The SMILES string of the molecule is CCNC(=NCCCN1CCCC1)NCCc1ccco1.I. The van der Waals surface area contributed by atoms with E-state index in [1.54, 1.807) is 6.26 Å². The Bertz CT molecular complexity index is 402. The molecule has 2 N–H and O–H groups in total. The average Bonchev–Trinajstić information content (AvgIpc) is 3.17. The maximum Gasteiger partial charge on any atom is 0.191 e. The highest BCUT2D eigenvalue weighted by Gasteiger charge is 2.09. The van der Waals surface area contributed by atoms with Gasteiger partial charge in [0.05, 0.1) is 6.26 Å². The molecule has 1 saturated heterocycles. The van der Waals surface area contributed by atoms with Gasteiger partial charge in [0.15, 0.2) is 5.96 Å². The van der Waals surface area contributed by atoms with E-state index in [2.05, 4.69) is 27.4 Å². The number of guanidine groups is 1. The van der Waals surface area contributed by atoms with Gasteiger partial charge < -0.3 is 20.0 Å². The van der Waals surface area contributed by atoms with Crippen LogP contribution in [0.5, 0.6) is 0 Å². The molecule has 0 unspecified atom stereocenters. The van der Waals surface area contributed by atoms with Gasteiger partial charge in [0.1, 0.15) is 5.76 Å². The minimum atomic E-state index is 0. The quantitative estimate of drug-likeness (QED) is 0.294. The number of halogens is 1. The minimum Gasteiger partial charge on any atom is -0.469 e. The minimum absolute atomic E-state index is 0. The summed E-state index contributed by atoms with van der Waals surface area (Å²) in [5, 5.41) is 6.64. The number of furan rings is 1. The summed E-state index contributed by atoms with van der Waals surface area (Å²) in [6.45, 7) is 8.41. The number of hydrogen-bond donors (Lipinski definition) is 2. The highest BCUT2D eigenvalue weighted by Crippen LogP contribution is 2.07. The molecular formula is C16H29IN4O. The zero-order chi connectivity index (χ0) is 14.8. The summed E-state index contributed by atoms with van der Waals surface area (Å²) in [6.07, 6.45) is 6.45. The topological polar surface area (TPSA) is 52.8 Å². The molecule has 2 rings (SSSR count). The number of likely N-dealkylation sites (tertiary alicyclic amines) is 1. The molecule has 1 aliphatic rings. The van der Waals surface area contributed by atoms with Crippen molar-refractivity contribution in [1.29, 1.82) is 0 Å². The molecule has 5 nitrogen and oxygen atoms in total. The third kappa shape index (κ3) is 7.49. The van der Waals surface area contributed by atoms with Crippen LogP contribution in [0.25, 0.3) is 0 Å². The predicted octanol–water partition coefficient (Wildman–Crippen LogP) is 2.48. The Morgan fingerprint density at radius 1 is 1.32 bits per heavy atom. The Kier molecular flexibility index (Phi) is 10.3. The predicted molar refractivity (Wildman–Crippen MR) is 102 cm³/mol. The van der Waals surface area contributed by atoms with E-state index in [1.807, 2.05) is 12.1 Å². The molecule has 1 fully saturated rings. The van der Waals surface area contributed by atoms with Crippen LogP contribution < -0.4 is 10.6 Å². The Morgan fingerprint density at radius 3 is 2.82 bits per heavy atom. The Hall–Kier alpha value is -0.760. The molecule has 0 radical (unpaired) electrons. The van der Waals surface area contributed by atoms with Crippen molar-refractivity contribution in [3.05, 3.63) is 24.2 Å². The lowest BCUT2D eigenvalue weighted by molar-refractivity contribution is 0.336. The summed E-state index contributed by atoms with van der Waals surface area (Å²) < 4.78 is 5.32. The second-order valence-electron chi connectivity index (χ2n) is 5.42. The summed E-state index contributed by atoms with van der Waals surface area (Å²) in [7, 11) is 0. The van der Waals surface area contributed by atoms with E-state index < -0.39 is 0 Å². The van der Waals surface area contributed by atoms with Gasteiger partial charge in [-0.2, -0.15) is 0 Å². The summed E-state index contributed by atoms with van der Waals surface area (Å²) in [6, 6.07) is 3.93. The molecule has 2 heterocycles. The fourth-order valence-electron chi connectivity index (χ4n) is 2.59. The van der Waals surface area contributed by atoms with Crippen molar-refractivity contribution >= 4 is 29.9 Å². The van der Waals surface area contributed by atoms with Gasteiger partial charge in [0.2, 0.25) is 0 Å². The van der Waals surface area contributed by atoms with Crippen molar-refractivity contribution in [2.24, 2.45) is 4.99 Å². The van der Waals surface area contributed by atoms with Gasteiger partial charge in [-0.25, -0.2) is 0 Å². The zero-order valence-electron chi connectivity index (χ0n) is 13.5. The van der Waals surface area contributed by atoms with E-state index in [9.17, 15) is 0 Å². The van der Waals surface area contributed by atoms with Gasteiger partial charge in [-0.05, 0) is 58.0 Å². The van der Waals surface area contributed by atoms with E-state index in [-0.39, 0.29) is 24.0 Å². The van der Waals surface area contributed by atoms with Gasteiger partial charge in [-0.3, -0.25) is 4.99 Å². The standard InChI is InChI=1S/C16H28N4O.HI/c1-2-17-16(19-10-8-15-7-5-14-21-15)18-9-6-13-20-11-3-4-12-20;/h5,7,14H,2-4,6,8-13H2,1H3,(H2,17,18,19);1H. The first-order valence-electron chi connectivity index (χ1n) is 8.15. The fraction of sp³-hybridized carbons (Fsp3) is 0.688. The molecule has 6 heteroatoms. The van der Waals surface area contributed by atoms with Gasteiger partial charge in [0.25, 0.3) is 0 Å². The summed E-state index contributed by atoms with van der Waals surface area (Å²) in [4.78, 5) is 7.16. The molecule has 1 aromatic heterocycles. The second kappa shape index (κ2) is 11.8. The van der Waals surface area contributed by atoms with E-state index in [0.29, 0.717) is 0 Å². The van der Waals surface area contributed by atoms with Crippen LogP contribution >= 0.6 is 24.0 Å². The largest absolute Gasteiger partial charge is 0.469 e. The smallest absolute Gasteiger partial charge is 0.191 e. The van der Waals surface area contributed by atoms with E-state index in [1.165, 1.54) is 32.5 Å². The molecule has 0 aliphatic carbocycles. The van der Waals surface area contributed by atoms with Gasteiger partial charge in [-0.1, -0.05) is 0 Å². The molecule has 126 valence electrons. The monoisotopic (exact) mass is 420 g/mol. The van der Waals surface area contributed by atoms with E-state index >= 15 is 0 Å². The zero-order valence-corrected chi connectivity index (χ0v) is 15.8. The van der Waals surface area contributed by atoms with Crippen molar-refractivity contribution in [3.63, 3.8) is 0 Å². The van der Waals surface area contributed by atoms with Crippen LogP contribution in [0, 0.1) is 0 Å². The molecule has 0 spiro atoms. The highest BCUT2D eigenvalue weighted by atomic mass is 127. The molecule has 0 bridgehead atoms. The van der Waals surface area contributed by atoms with Crippen molar-refractivity contribution in [1.82, 2.24) is 15.5 Å². The maximum absolute atomic E-state index is 5.32. The number of hydrogen-bond acceptors (Lipinski definition) is 3. The Labute approximate surface area is 150 Å². The van der Waals surface area contributed by atoms with Crippen LogP contribution in [0.3, 0.4) is 0 Å². The molecule has 0 amide bonds. The summed E-state index contributed by atoms with van der Waals surface area (Å²) in [5.74, 6) is 1.91. The first-order chi connectivity index (χ1) is 10.4. The van der Waals surface area contributed by atoms with Crippen LogP contribution in [-0.2, 0) is 6.42 Å². The van der Waals surface area contributed by atoms with Crippen LogP contribution in [0.1, 0.15) is 31.9 Å². The van der Waals surface area contributed by atoms with Crippen molar-refractivity contribution < 1.29 is 4.42 Å². The lowest BCUT2D eigenvalue weighted by Crippen LogP contribution is -2.38. The maximum atomic E-state index is 5.32. The van der Waals surface area contributed by atoms with Gasteiger partial charge in [-0.15, -0.1) is 24.0 Å². The summed E-state index contributed by atoms with van der Waals surface area (Å²) in [5.41, 5.74) is 0. The Morgan fingerprint density at radius 2 is 2.14 bits per heavy atom. The van der Waals surface area contributed by atoms with Crippen molar-refractivity contribution in [3.8, 4) is 0 Å². The molecular weight excluding hydrogens is 391 g/mol. The fourth-order valence-corrected chi connectivity index (χ4v) is 2.59. The van der Waals surface area contributed by atoms with Crippen molar-refractivity contribution in [2.45, 2.75) is 32.6 Å². The summed E-state index contributed by atoms with van der Waals surface area (Å²) >= 11 is 0. The molecule has 0 aromatic carbocycles. The highest BCUT2D eigenvalue weighted by molar-refractivity contribution is 14.0. The average molecular weight is 420 g/mol. The molecule has 1 aliphatic heterocycles. The lowest BCUT2D eigenvalue weighted by atomic mass is 10.3. The van der Waals surface area contributed by atoms with E-state index in [4.69, 9.17) is 4.42 Å². The van der Waals surface area contributed by atoms with E-state index in [0.717, 1.165) is 44.2 Å². The van der Waals surface area contributed by atoms with Crippen LogP contribution in [0.2, 0.25) is 0 Å². The van der Waals surface area contributed by atoms with Crippen molar-refractivity contribution in [2.75, 3.05) is 39.3 Å². The third-order valence-corrected chi connectivity index (χ3v) is 3.69. The lowest BCUT2D eigenvalue weighted by Gasteiger charge is -2.14. The number of aliphatic imine (C=N–C) groups is 1. The third-order valence-electron chi connectivity index (χ3n) is 3.69. The molecule has 0 saturated carbocycles. The van der Waals surface area contributed by atoms with Crippen LogP contribution in [0.4, 0.5) is 0 Å². The molecule has 22 heavy (non-hydrogen) atoms. The first kappa shape index (κ1) is 19.3. The second-order valence-corrected chi connectivity index (χ2v) is 5.42. The number of rotatable bonds is 8. The van der Waals surface area contributed by atoms with Crippen LogP contribution in [-0.4, -0.2) is 50.1 Å². The first-order valence-corrected chi connectivity index (χ1v) is 8.15. The molecule has 1 aromatic rings.